The van der Waals surface area contributed by atoms with Gasteiger partial charge < -0.3 is 35.6 Å². The molecule has 0 bridgehead atoms. The van der Waals surface area contributed by atoms with Crippen molar-refractivity contribution in [3.05, 3.63) is 65.0 Å². The molecule has 2 amide bonds. The number of hydrogen-bond acceptors (Lipinski definition) is 9. The van der Waals surface area contributed by atoms with E-state index < -0.39 is 17.9 Å². The molecule has 0 spiro atoms. The van der Waals surface area contributed by atoms with Crippen LogP contribution in [0, 0.1) is 11.3 Å². The molecule has 0 aliphatic rings. The molecule has 0 heterocycles. The molecule has 198 valence electrons. The maximum Gasteiger partial charge on any atom is 0.270 e. The molecule has 11 heteroatoms. The molecule has 0 radical (unpaired) electrons. The largest absolute Gasteiger partial charge is 0.493 e. The summed E-state index contributed by atoms with van der Waals surface area (Å²) in [6.07, 6.45) is 3.19. The highest BCUT2D eigenvalue weighted by molar-refractivity contribution is 5.98. The second-order valence-corrected chi connectivity index (χ2v) is 7.99. The van der Waals surface area contributed by atoms with Gasteiger partial charge >= 0.3 is 0 Å². The van der Waals surface area contributed by atoms with E-state index in [9.17, 15) is 14.9 Å². The van der Waals surface area contributed by atoms with E-state index in [2.05, 4.69) is 23.6 Å². The normalized spacial score (nSPS) is 11.6. The third-order valence-corrected chi connectivity index (χ3v) is 5.43. The zero-order valence-electron chi connectivity index (χ0n) is 21.5. The van der Waals surface area contributed by atoms with Gasteiger partial charge in [0.05, 0.1) is 39.5 Å². The molecule has 0 aromatic heterocycles. The number of hydrogen-bond donors (Lipinski definition) is 4. The number of benzene rings is 2. The summed E-state index contributed by atoms with van der Waals surface area (Å²) >= 11 is 0. The van der Waals surface area contributed by atoms with Crippen molar-refractivity contribution in [2.24, 2.45) is 11.6 Å². The van der Waals surface area contributed by atoms with Crippen molar-refractivity contribution in [3.63, 3.8) is 0 Å². The molecule has 2 aromatic rings. The average molecular weight is 511 g/mol. The number of amides is 2. The van der Waals surface area contributed by atoms with E-state index in [4.69, 9.17) is 25.8 Å². The van der Waals surface area contributed by atoms with Gasteiger partial charge in [0, 0.05) is 12.7 Å². The number of carbonyl (C=O) groups is 2. The number of nitrogens with two attached hydrogens (primary N) is 2. The summed E-state index contributed by atoms with van der Waals surface area (Å²) < 4.78 is 15.9. The molecule has 0 saturated carbocycles. The molecular formula is C26H34N6O5. The van der Waals surface area contributed by atoms with Gasteiger partial charge in [-0.05, 0) is 29.7 Å². The Morgan fingerprint density at radius 2 is 1.76 bits per heavy atom. The Morgan fingerprint density at radius 1 is 1.08 bits per heavy atom. The van der Waals surface area contributed by atoms with Crippen molar-refractivity contribution in [1.82, 2.24) is 15.6 Å². The van der Waals surface area contributed by atoms with Crippen LogP contribution in [0.3, 0.4) is 0 Å². The first-order valence-electron chi connectivity index (χ1n) is 11.6. The zero-order valence-corrected chi connectivity index (χ0v) is 21.5. The second kappa shape index (κ2) is 14.2. The van der Waals surface area contributed by atoms with Crippen LogP contribution < -0.4 is 36.4 Å². The van der Waals surface area contributed by atoms with Gasteiger partial charge in [-0.1, -0.05) is 37.6 Å². The molecule has 0 fully saturated rings. The molecule has 0 aliphatic heterocycles. The van der Waals surface area contributed by atoms with E-state index in [1.807, 2.05) is 24.3 Å². The Kier molecular flexibility index (Phi) is 11.1. The molecule has 0 aliphatic carbocycles. The van der Waals surface area contributed by atoms with E-state index >= 15 is 0 Å². The number of carbonyl (C=O) groups excluding carboxylic acids is 2. The van der Waals surface area contributed by atoms with Gasteiger partial charge in [-0.15, -0.1) is 0 Å². The number of hydrazine groups is 1. The number of nitrogens with zero attached hydrogens (tertiary/aromatic N) is 2. The fourth-order valence-electron chi connectivity index (χ4n) is 3.55. The fourth-order valence-corrected chi connectivity index (χ4v) is 3.55. The summed E-state index contributed by atoms with van der Waals surface area (Å²) in [5.41, 5.74) is 7.75. The minimum Gasteiger partial charge on any atom is -0.493 e. The van der Waals surface area contributed by atoms with Gasteiger partial charge in [0.1, 0.15) is 11.7 Å². The molecule has 1 atom stereocenters. The van der Waals surface area contributed by atoms with Crippen molar-refractivity contribution >= 4 is 11.8 Å². The van der Waals surface area contributed by atoms with Crippen LogP contribution in [0.4, 0.5) is 0 Å². The van der Waals surface area contributed by atoms with Crippen LogP contribution in [0.15, 0.2) is 48.3 Å². The van der Waals surface area contributed by atoms with Crippen LogP contribution in [-0.2, 0) is 11.2 Å². The third kappa shape index (κ3) is 7.78. The van der Waals surface area contributed by atoms with Crippen molar-refractivity contribution in [1.29, 1.82) is 5.26 Å². The van der Waals surface area contributed by atoms with E-state index in [0.29, 0.717) is 17.1 Å². The lowest BCUT2D eigenvalue weighted by Gasteiger charge is -2.18. The smallest absolute Gasteiger partial charge is 0.270 e. The maximum atomic E-state index is 12.7. The molecule has 0 saturated heterocycles. The SMILES string of the molecule is CCCc1ccc(C(C#N)NC(=O)/C(N)=C/N(N)CCNC(=O)c2ccc(OC)c(OC)c2OC)cc1. The summed E-state index contributed by atoms with van der Waals surface area (Å²) in [5, 5.41) is 16.0. The minimum absolute atomic E-state index is 0.142. The number of nitrogens with one attached hydrogen (secondary N) is 2. The van der Waals surface area contributed by atoms with Crippen molar-refractivity contribution < 1.29 is 23.8 Å². The standard InChI is InChI=1S/C26H34N6O5/c1-5-6-17-7-9-18(10-8-17)21(15-27)31-26(34)20(28)16-32(29)14-13-30-25(33)19-11-12-22(35-2)24(37-4)23(19)36-3/h7-12,16,21H,5-6,13-14,28-29H2,1-4H3,(H,30,33)(H,31,34)/b20-16-. The van der Waals surface area contributed by atoms with Crippen LogP contribution in [0.2, 0.25) is 0 Å². The average Bonchev–Trinajstić information content (AvgIpc) is 2.90. The van der Waals surface area contributed by atoms with Crippen LogP contribution in [-0.4, -0.2) is 51.2 Å². The Labute approximate surface area is 216 Å². The van der Waals surface area contributed by atoms with Gasteiger partial charge in [0.2, 0.25) is 5.75 Å². The number of ether oxygens (including phenoxy) is 3. The first-order chi connectivity index (χ1) is 17.8. The molecule has 1 unspecified atom stereocenters. The topological polar surface area (TPSA) is 165 Å². The quantitative estimate of drug-likeness (QED) is 0.178. The summed E-state index contributed by atoms with van der Waals surface area (Å²) in [4.78, 5) is 25.2. The Balaban J connectivity index is 1.94. The number of nitriles is 1. The van der Waals surface area contributed by atoms with Gasteiger partial charge in [-0.2, -0.15) is 5.26 Å². The van der Waals surface area contributed by atoms with Crippen molar-refractivity contribution in [2.75, 3.05) is 34.4 Å². The highest BCUT2D eigenvalue weighted by atomic mass is 16.5. The summed E-state index contributed by atoms with van der Waals surface area (Å²) in [6, 6.07) is 11.8. The van der Waals surface area contributed by atoms with Crippen LogP contribution in [0.25, 0.3) is 0 Å². The van der Waals surface area contributed by atoms with E-state index in [1.54, 1.807) is 12.1 Å². The van der Waals surface area contributed by atoms with Gasteiger partial charge in [0.25, 0.3) is 11.8 Å². The predicted molar refractivity (Wildman–Crippen MR) is 139 cm³/mol. The Hall–Kier alpha value is -4.43. The summed E-state index contributed by atoms with van der Waals surface area (Å²) in [6.45, 7) is 2.38. The summed E-state index contributed by atoms with van der Waals surface area (Å²) in [5.74, 6) is 5.82. The Morgan fingerprint density at radius 3 is 2.32 bits per heavy atom. The zero-order chi connectivity index (χ0) is 27.4. The summed E-state index contributed by atoms with van der Waals surface area (Å²) in [7, 11) is 4.35. The minimum atomic E-state index is -0.864. The molecule has 2 rings (SSSR count). The van der Waals surface area contributed by atoms with Gasteiger partial charge in [-0.25, -0.2) is 5.84 Å². The molecule has 2 aromatic carbocycles. The maximum absolute atomic E-state index is 12.7. The lowest BCUT2D eigenvalue weighted by Crippen LogP contribution is -2.38. The van der Waals surface area contributed by atoms with Crippen molar-refractivity contribution in [3.8, 4) is 23.3 Å². The highest BCUT2D eigenvalue weighted by Crippen LogP contribution is 2.39. The first kappa shape index (κ1) is 28.8. The lowest BCUT2D eigenvalue weighted by atomic mass is 10.0. The second-order valence-electron chi connectivity index (χ2n) is 7.99. The lowest BCUT2D eigenvalue weighted by molar-refractivity contribution is -0.118. The van der Waals surface area contributed by atoms with E-state index in [0.717, 1.165) is 18.4 Å². The highest BCUT2D eigenvalue weighted by Gasteiger charge is 2.20. The van der Waals surface area contributed by atoms with Crippen LogP contribution in [0.5, 0.6) is 17.2 Å². The van der Waals surface area contributed by atoms with Gasteiger partial charge in [-0.3, -0.25) is 9.59 Å². The first-order valence-corrected chi connectivity index (χ1v) is 11.6. The van der Waals surface area contributed by atoms with Crippen LogP contribution >= 0.6 is 0 Å². The Bertz CT molecular complexity index is 1140. The van der Waals surface area contributed by atoms with Gasteiger partial charge in [0.15, 0.2) is 11.5 Å². The van der Waals surface area contributed by atoms with Crippen LogP contribution in [0.1, 0.15) is 40.9 Å². The molecular weight excluding hydrogens is 476 g/mol. The number of rotatable bonds is 13. The fraction of sp³-hybridized carbons (Fsp3) is 0.346. The predicted octanol–water partition coefficient (Wildman–Crippen LogP) is 1.75. The number of aryl methyl sites for hydroxylation is 1. The monoisotopic (exact) mass is 510 g/mol. The molecule has 37 heavy (non-hydrogen) atoms. The third-order valence-electron chi connectivity index (χ3n) is 5.43. The van der Waals surface area contributed by atoms with Crippen molar-refractivity contribution in [2.45, 2.75) is 25.8 Å². The van der Waals surface area contributed by atoms with E-state index in [1.165, 1.54) is 32.5 Å². The number of methoxy groups -OCH3 is 3. The van der Waals surface area contributed by atoms with E-state index in [-0.39, 0.29) is 30.1 Å². The molecule has 11 nitrogen and oxygen atoms in total. The molecule has 6 N–H and O–H groups in total.